The van der Waals surface area contributed by atoms with Crippen molar-refractivity contribution in [1.29, 1.82) is 0 Å². The number of Topliss-reactive ketones (excluding diaryl/α,β-unsaturated/α-hetero) is 1. The molecule has 23 heavy (non-hydrogen) atoms. The zero-order chi connectivity index (χ0) is 16.2. The van der Waals surface area contributed by atoms with Crippen molar-refractivity contribution >= 4 is 40.3 Å². The smallest absolute Gasteiger partial charge is 0.224 e. The Morgan fingerprint density at radius 1 is 1.17 bits per heavy atom. The number of hydrogen-bond donors (Lipinski definition) is 1. The van der Waals surface area contributed by atoms with E-state index in [4.69, 9.17) is 21.1 Å². The van der Waals surface area contributed by atoms with Crippen LogP contribution in [0.15, 0.2) is 29.6 Å². The highest BCUT2D eigenvalue weighted by Gasteiger charge is 2.17. The Bertz CT molecular complexity index is 730. The molecule has 1 aromatic carbocycles. The van der Waals surface area contributed by atoms with Gasteiger partial charge in [-0.2, -0.15) is 0 Å². The molecule has 1 aliphatic heterocycles. The molecular formula is C16H14ClNO4S. The maximum absolute atomic E-state index is 12.0. The first-order chi connectivity index (χ1) is 11.1. The number of rotatable bonds is 5. The van der Waals surface area contributed by atoms with E-state index < -0.39 is 0 Å². The summed E-state index contributed by atoms with van der Waals surface area (Å²) in [6.07, 6.45) is 0.260. The Kier molecular flexibility index (Phi) is 4.83. The Labute approximate surface area is 142 Å². The zero-order valence-electron chi connectivity index (χ0n) is 12.1. The predicted octanol–water partition coefficient (Wildman–Crippen LogP) is 3.77. The number of ketones is 1. The minimum atomic E-state index is -0.270. The van der Waals surface area contributed by atoms with Gasteiger partial charge in [-0.3, -0.25) is 9.59 Å². The van der Waals surface area contributed by atoms with Crippen LogP contribution in [-0.4, -0.2) is 24.9 Å². The minimum absolute atomic E-state index is 0.0385. The van der Waals surface area contributed by atoms with Crippen molar-refractivity contribution in [2.24, 2.45) is 0 Å². The topological polar surface area (TPSA) is 64.6 Å². The zero-order valence-corrected chi connectivity index (χ0v) is 13.7. The number of carbonyl (C=O) groups excluding carboxylic acids is 2. The van der Waals surface area contributed by atoms with Crippen LogP contribution in [-0.2, 0) is 4.79 Å². The third-order valence-electron chi connectivity index (χ3n) is 3.28. The number of ether oxygens (including phenoxy) is 2. The maximum Gasteiger partial charge on any atom is 0.224 e. The van der Waals surface area contributed by atoms with Crippen molar-refractivity contribution in [2.75, 3.05) is 18.5 Å². The third-order valence-corrected chi connectivity index (χ3v) is 4.50. The number of thiophene rings is 1. The fourth-order valence-electron chi connectivity index (χ4n) is 2.16. The highest BCUT2D eigenvalue weighted by molar-refractivity contribution is 7.12. The van der Waals surface area contributed by atoms with Gasteiger partial charge >= 0.3 is 0 Å². The summed E-state index contributed by atoms with van der Waals surface area (Å²) in [4.78, 5) is 24.6. The molecule has 0 spiro atoms. The van der Waals surface area contributed by atoms with E-state index in [2.05, 4.69) is 5.32 Å². The van der Waals surface area contributed by atoms with Crippen LogP contribution in [0.1, 0.15) is 22.5 Å². The van der Waals surface area contributed by atoms with Gasteiger partial charge in [-0.15, -0.1) is 11.3 Å². The molecular weight excluding hydrogens is 338 g/mol. The van der Waals surface area contributed by atoms with Crippen molar-refractivity contribution in [3.8, 4) is 11.5 Å². The summed E-state index contributed by atoms with van der Waals surface area (Å²) in [7, 11) is 0. The van der Waals surface area contributed by atoms with Gasteiger partial charge in [0.05, 0.1) is 15.6 Å². The van der Waals surface area contributed by atoms with Gasteiger partial charge in [0.1, 0.15) is 13.2 Å². The summed E-state index contributed by atoms with van der Waals surface area (Å²) in [6, 6.07) is 6.81. The summed E-state index contributed by atoms with van der Waals surface area (Å²) in [5.41, 5.74) is 0.449. The molecule has 120 valence electrons. The first-order valence-electron chi connectivity index (χ1n) is 7.09. The second-order valence-corrected chi connectivity index (χ2v) is 6.28. The van der Waals surface area contributed by atoms with Crippen molar-refractivity contribution in [3.05, 3.63) is 39.5 Å². The molecule has 2 heterocycles. The van der Waals surface area contributed by atoms with Gasteiger partial charge in [-0.1, -0.05) is 17.7 Å². The number of hydrogen-bond acceptors (Lipinski definition) is 5. The molecule has 0 bridgehead atoms. The molecule has 1 aromatic heterocycles. The van der Waals surface area contributed by atoms with Gasteiger partial charge in [0.25, 0.3) is 0 Å². The highest BCUT2D eigenvalue weighted by atomic mass is 35.5. The Hall–Kier alpha value is -2.05. The predicted molar refractivity (Wildman–Crippen MR) is 89.0 cm³/mol. The quantitative estimate of drug-likeness (QED) is 0.833. The van der Waals surface area contributed by atoms with E-state index >= 15 is 0 Å². The molecule has 1 amide bonds. The number of halogens is 1. The van der Waals surface area contributed by atoms with E-state index in [1.54, 1.807) is 18.2 Å². The first-order valence-corrected chi connectivity index (χ1v) is 8.35. The van der Waals surface area contributed by atoms with Gasteiger partial charge in [0, 0.05) is 25.0 Å². The summed E-state index contributed by atoms with van der Waals surface area (Å²) >= 11 is 7.51. The second-order valence-electron chi connectivity index (χ2n) is 4.92. The summed E-state index contributed by atoms with van der Waals surface area (Å²) in [5, 5.41) is 4.91. The van der Waals surface area contributed by atoms with Crippen LogP contribution in [0.2, 0.25) is 5.02 Å². The monoisotopic (exact) mass is 351 g/mol. The molecule has 2 aromatic rings. The standard InChI is InChI=1S/C16H14ClNO4S/c17-10-8-13-14(22-6-5-21-13)9-11(10)18-16(20)4-3-12(19)15-2-1-7-23-15/h1-2,7-9H,3-6H2,(H,18,20). The summed E-state index contributed by atoms with van der Waals surface area (Å²) < 4.78 is 10.9. The number of nitrogens with one attached hydrogen (secondary N) is 1. The van der Waals surface area contributed by atoms with Crippen LogP contribution >= 0.6 is 22.9 Å². The Morgan fingerprint density at radius 2 is 1.91 bits per heavy atom. The molecule has 0 saturated carbocycles. The van der Waals surface area contributed by atoms with Crippen LogP contribution in [0.3, 0.4) is 0 Å². The highest BCUT2D eigenvalue weighted by Crippen LogP contribution is 2.38. The van der Waals surface area contributed by atoms with Crippen LogP contribution in [0.25, 0.3) is 0 Å². The number of carbonyl (C=O) groups is 2. The lowest BCUT2D eigenvalue weighted by Crippen LogP contribution is -2.17. The molecule has 0 atom stereocenters. The lowest BCUT2D eigenvalue weighted by Gasteiger charge is -2.20. The molecule has 5 nitrogen and oxygen atoms in total. The van der Waals surface area contributed by atoms with Crippen LogP contribution < -0.4 is 14.8 Å². The van der Waals surface area contributed by atoms with E-state index in [0.717, 1.165) is 0 Å². The first kappa shape index (κ1) is 15.8. The molecule has 0 unspecified atom stereocenters. The maximum atomic E-state index is 12.0. The van der Waals surface area contributed by atoms with Gasteiger partial charge in [-0.25, -0.2) is 0 Å². The van der Waals surface area contributed by atoms with Gasteiger partial charge < -0.3 is 14.8 Å². The summed E-state index contributed by atoms with van der Waals surface area (Å²) in [5.74, 6) is 0.801. The van der Waals surface area contributed by atoms with E-state index in [9.17, 15) is 9.59 Å². The SMILES string of the molecule is O=C(CCC(=O)c1cccs1)Nc1cc2c(cc1Cl)OCCO2. The number of anilines is 1. The molecule has 0 saturated heterocycles. The van der Waals surface area contributed by atoms with Crippen molar-refractivity contribution < 1.29 is 19.1 Å². The Morgan fingerprint density at radius 3 is 2.61 bits per heavy atom. The van der Waals surface area contributed by atoms with Crippen molar-refractivity contribution in [2.45, 2.75) is 12.8 Å². The van der Waals surface area contributed by atoms with E-state index in [1.165, 1.54) is 11.3 Å². The number of fused-ring (bicyclic) bond motifs is 1. The van der Waals surface area contributed by atoms with Gasteiger partial charge in [0.15, 0.2) is 17.3 Å². The fourth-order valence-corrected chi connectivity index (χ4v) is 3.06. The average molecular weight is 352 g/mol. The second kappa shape index (κ2) is 7.02. The van der Waals surface area contributed by atoms with E-state index in [-0.39, 0.29) is 24.5 Å². The number of amides is 1. The van der Waals surface area contributed by atoms with E-state index in [0.29, 0.717) is 40.3 Å². The molecule has 3 rings (SSSR count). The summed E-state index contributed by atoms with van der Waals surface area (Å²) in [6.45, 7) is 0.928. The molecule has 7 heteroatoms. The van der Waals surface area contributed by atoms with Gasteiger partial charge in [-0.05, 0) is 11.4 Å². The van der Waals surface area contributed by atoms with E-state index in [1.807, 2.05) is 11.4 Å². The lowest BCUT2D eigenvalue weighted by atomic mass is 10.2. The average Bonchev–Trinajstić information content (AvgIpc) is 3.08. The largest absolute Gasteiger partial charge is 0.486 e. The Balaban J connectivity index is 1.60. The van der Waals surface area contributed by atoms with Gasteiger partial charge in [0.2, 0.25) is 5.91 Å². The molecule has 1 aliphatic rings. The van der Waals surface area contributed by atoms with Crippen LogP contribution in [0, 0.1) is 0 Å². The van der Waals surface area contributed by atoms with Crippen LogP contribution in [0.5, 0.6) is 11.5 Å². The molecule has 0 fully saturated rings. The molecule has 1 N–H and O–H groups in total. The fraction of sp³-hybridized carbons (Fsp3) is 0.250. The van der Waals surface area contributed by atoms with Crippen LogP contribution in [0.4, 0.5) is 5.69 Å². The lowest BCUT2D eigenvalue weighted by molar-refractivity contribution is -0.116. The number of benzene rings is 1. The van der Waals surface area contributed by atoms with Crippen molar-refractivity contribution in [3.63, 3.8) is 0 Å². The third kappa shape index (κ3) is 3.83. The normalized spacial score (nSPS) is 12.7. The molecule has 0 radical (unpaired) electrons. The molecule has 0 aliphatic carbocycles. The van der Waals surface area contributed by atoms with Crippen molar-refractivity contribution in [1.82, 2.24) is 0 Å². The minimum Gasteiger partial charge on any atom is -0.486 e.